The van der Waals surface area contributed by atoms with Crippen LogP contribution < -0.4 is 5.32 Å². The molecule has 3 unspecified atom stereocenters. The van der Waals surface area contributed by atoms with Gasteiger partial charge in [-0.05, 0) is 48.9 Å². The molecule has 0 saturated heterocycles. The zero-order valence-corrected chi connectivity index (χ0v) is 14.6. The van der Waals surface area contributed by atoms with E-state index in [1.54, 1.807) is 0 Å². The molecule has 1 N–H and O–H groups in total. The van der Waals surface area contributed by atoms with Gasteiger partial charge in [0.05, 0.1) is 0 Å². The van der Waals surface area contributed by atoms with Crippen LogP contribution in [0.4, 0.5) is 0 Å². The molecule has 3 atom stereocenters. The summed E-state index contributed by atoms with van der Waals surface area (Å²) in [6.07, 6.45) is 1.41. The molecule has 2 rings (SSSR count). The fourth-order valence-corrected chi connectivity index (χ4v) is 3.02. The molecule has 0 aliphatic heterocycles. The van der Waals surface area contributed by atoms with Crippen LogP contribution in [0.15, 0.2) is 24.3 Å². The molecule has 0 amide bonds. The lowest BCUT2D eigenvalue weighted by Crippen LogP contribution is -2.32. The summed E-state index contributed by atoms with van der Waals surface area (Å²) >= 11 is 0. The van der Waals surface area contributed by atoms with E-state index in [0.29, 0.717) is 6.04 Å². The van der Waals surface area contributed by atoms with Crippen molar-refractivity contribution in [2.24, 2.45) is 11.8 Å². The molecule has 1 fully saturated rings. The summed E-state index contributed by atoms with van der Waals surface area (Å²) in [5, 5.41) is 3.47. The molecule has 1 aliphatic carbocycles. The number of benzene rings is 1. The first kappa shape index (κ1) is 16.5. The van der Waals surface area contributed by atoms with Crippen molar-refractivity contribution in [2.45, 2.75) is 45.6 Å². The van der Waals surface area contributed by atoms with E-state index in [0.717, 1.165) is 18.4 Å². The average Bonchev–Trinajstić information content (AvgIpc) is 3.10. The quantitative estimate of drug-likeness (QED) is 0.856. The molecule has 1 aromatic rings. The number of nitrogens with zero attached hydrogens (tertiary/aromatic N) is 1. The Hall–Kier alpha value is -0.860. The van der Waals surface area contributed by atoms with E-state index in [-0.39, 0.29) is 5.41 Å². The first-order valence-corrected chi connectivity index (χ1v) is 8.27. The first-order chi connectivity index (χ1) is 9.81. The zero-order chi connectivity index (χ0) is 15.6. The SMILES string of the molecule is CNC(CN(C)CC1CC1C)c1ccc(C(C)(C)C)cc1. The van der Waals surface area contributed by atoms with Gasteiger partial charge in [0.2, 0.25) is 0 Å². The van der Waals surface area contributed by atoms with Crippen LogP contribution >= 0.6 is 0 Å². The maximum atomic E-state index is 3.47. The molecule has 0 heterocycles. The summed E-state index contributed by atoms with van der Waals surface area (Å²) in [7, 11) is 4.31. The first-order valence-electron chi connectivity index (χ1n) is 8.27. The van der Waals surface area contributed by atoms with E-state index in [4.69, 9.17) is 0 Å². The Balaban J connectivity index is 1.96. The van der Waals surface area contributed by atoms with Crippen LogP contribution in [0.3, 0.4) is 0 Å². The van der Waals surface area contributed by atoms with Crippen LogP contribution in [-0.2, 0) is 5.41 Å². The highest BCUT2D eigenvalue weighted by atomic mass is 15.1. The minimum atomic E-state index is 0.229. The lowest BCUT2D eigenvalue weighted by molar-refractivity contribution is 0.282. The lowest BCUT2D eigenvalue weighted by atomic mass is 9.86. The van der Waals surface area contributed by atoms with Crippen LogP contribution in [0, 0.1) is 11.8 Å². The molecule has 118 valence electrons. The Morgan fingerprint density at radius 1 is 1.24 bits per heavy atom. The minimum absolute atomic E-state index is 0.229. The molecule has 0 aromatic heterocycles. The normalized spacial score (nSPS) is 23.4. The summed E-state index contributed by atoms with van der Waals surface area (Å²) < 4.78 is 0. The third-order valence-electron chi connectivity index (χ3n) is 4.84. The van der Waals surface area contributed by atoms with Gasteiger partial charge in [-0.1, -0.05) is 52.0 Å². The number of hydrogen-bond acceptors (Lipinski definition) is 2. The minimum Gasteiger partial charge on any atom is -0.312 e. The third-order valence-corrected chi connectivity index (χ3v) is 4.84. The van der Waals surface area contributed by atoms with Gasteiger partial charge in [0, 0.05) is 19.1 Å². The van der Waals surface area contributed by atoms with Gasteiger partial charge in [0.15, 0.2) is 0 Å². The second-order valence-electron chi connectivity index (χ2n) is 7.91. The highest BCUT2D eigenvalue weighted by Crippen LogP contribution is 2.38. The van der Waals surface area contributed by atoms with Gasteiger partial charge in [0.25, 0.3) is 0 Å². The van der Waals surface area contributed by atoms with Gasteiger partial charge in [0.1, 0.15) is 0 Å². The molecule has 0 radical (unpaired) electrons. The molecule has 0 spiro atoms. The van der Waals surface area contributed by atoms with Gasteiger partial charge in [-0.25, -0.2) is 0 Å². The van der Waals surface area contributed by atoms with Crippen molar-refractivity contribution >= 4 is 0 Å². The second kappa shape index (κ2) is 6.50. The molecule has 21 heavy (non-hydrogen) atoms. The molecular weight excluding hydrogens is 256 g/mol. The summed E-state index contributed by atoms with van der Waals surface area (Å²) in [6.45, 7) is 11.5. The molecular formula is C19H32N2. The van der Waals surface area contributed by atoms with Gasteiger partial charge in [-0.15, -0.1) is 0 Å². The Labute approximate surface area is 130 Å². The smallest absolute Gasteiger partial charge is 0.0446 e. The largest absolute Gasteiger partial charge is 0.312 e. The van der Waals surface area contributed by atoms with Crippen LogP contribution in [0.25, 0.3) is 0 Å². The molecule has 2 heteroatoms. The van der Waals surface area contributed by atoms with Crippen molar-refractivity contribution < 1.29 is 0 Å². The van der Waals surface area contributed by atoms with E-state index >= 15 is 0 Å². The van der Waals surface area contributed by atoms with E-state index in [1.807, 2.05) is 0 Å². The Bertz CT molecular complexity index is 444. The van der Waals surface area contributed by atoms with Crippen LogP contribution in [0.2, 0.25) is 0 Å². The molecule has 1 aromatic carbocycles. The van der Waals surface area contributed by atoms with Crippen LogP contribution in [-0.4, -0.2) is 32.1 Å². The summed E-state index contributed by atoms with van der Waals surface area (Å²) in [4.78, 5) is 2.48. The Morgan fingerprint density at radius 3 is 2.24 bits per heavy atom. The second-order valence-corrected chi connectivity index (χ2v) is 7.91. The van der Waals surface area contributed by atoms with Crippen molar-refractivity contribution in [3.63, 3.8) is 0 Å². The van der Waals surface area contributed by atoms with E-state index in [2.05, 4.69) is 76.3 Å². The predicted octanol–water partition coefficient (Wildman–Crippen LogP) is 3.83. The maximum Gasteiger partial charge on any atom is 0.0446 e. The van der Waals surface area contributed by atoms with Crippen molar-refractivity contribution in [3.8, 4) is 0 Å². The number of likely N-dealkylation sites (N-methyl/N-ethyl adjacent to an activating group) is 2. The van der Waals surface area contributed by atoms with Gasteiger partial charge < -0.3 is 10.2 Å². The number of rotatable bonds is 6. The van der Waals surface area contributed by atoms with Crippen molar-refractivity contribution in [1.29, 1.82) is 0 Å². The Kier molecular flexibility index (Phi) is 5.11. The molecule has 0 bridgehead atoms. The Morgan fingerprint density at radius 2 is 1.81 bits per heavy atom. The van der Waals surface area contributed by atoms with Gasteiger partial charge in [-0.3, -0.25) is 0 Å². The monoisotopic (exact) mass is 288 g/mol. The van der Waals surface area contributed by atoms with E-state index in [1.165, 1.54) is 24.1 Å². The van der Waals surface area contributed by atoms with E-state index in [9.17, 15) is 0 Å². The standard InChI is InChI=1S/C19H32N2/c1-14-11-16(14)12-21(6)13-18(20-5)15-7-9-17(10-8-15)19(2,3)4/h7-10,14,16,18,20H,11-13H2,1-6H3. The summed E-state index contributed by atoms with van der Waals surface area (Å²) in [5.41, 5.74) is 3.02. The molecule has 1 aliphatic rings. The molecule has 1 saturated carbocycles. The maximum absolute atomic E-state index is 3.47. The van der Waals surface area contributed by atoms with Crippen LogP contribution in [0.5, 0.6) is 0 Å². The molecule has 2 nitrogen and oxygen atoms in total. The average molecular weight is 288 g/mol. The van der Waals surface area contributed by atoms with Crippen molar-refractivity contribution in [1.82, 2.24) is 10.2 Å². The third kappa shape index (κ3) is 4.55. The van der Waals surface area contributed by atoms with Gasteiger partial charge >= 0.3 is 0 Å². The topological polar surface area (TPSA) is 15.3 Å². The fraction of sp³-hybridized carbons (Fsp3) is 0.684. The highest BCUT2D eigenvalue weighted by molar-refractivity contribution is 5.29. The highest BCUT2D eigenvalue weighted by Gasteiger charge is 2.33. The number of hydrogen-bond donors (Lipinski definition) is 1. The van der Waals surface area contributed by atoms with Crippen molar-refractivity contribution in [3.05, 3.63) is 35.4 Å². The summed E-state index contributed by atoms with van der Waals surface area (Å²) in [5.74, 6) is 1.86. The summed E-state index contributed by atoms with van der Waals surface area (Å²) in [6, 6.07) is 9.55. The zero-order valence-electron chi connectivity index (χ0n) is 14.6. The lowest BCUT2D eigenvalue weighted by Gasteiger charge is -2.25. The van der Waals surface area contributed by atoms with E-state index < -0.39 is 0 Å². The predicted molar refractivity (Wildman–Crippen MR) is 91.7 cm³/mol. The fourth-order valence-electron chi connectivity index (χ4n) is 3.02. The van der Waals surface area contributed by atoms with Gasteiger partial charge in [-0.2, -0.15) is 0 Å². The van der Waals surface area contributed by atoms with Crippen molar-refractivity contribution in [2.75, 3.05) is 27.2 Å². The number of nitrogens with one attached hydrogen (secondary N) is 1. The van der Waals surface area contributed by atoms with Crippen LogP contribution in [0.1, 0.15) is 51.3 Å².